The van der Waals surface area contributed by atoms with E-state index in [1.165, 1.54) is 0 Å². The summed E-state index contributed by atoms with van der Waals surface area (Å²) in [4.78, 5) is 10.9. The van der Waals surface area contributed by atoms with Gasteiger partial charge in [-0.2, -0.15) is 0 Å². The third-order valence-corrected chi connectivity index (χ3v) is 1.79. The fourth-order valence-electron chi connectivity index (χ4n) is 0.728. The first-order chi connectivity index (χ1) is 5.70. The molecule has 0 aliphatic carbocycles. The molecule has 0 bridgehead atoms. The lowest BCUT2D eigenvalue weighted by Gasteiger charge is -2.03. The molecule has 3 nitrogen and oxygen atoms in total. The van der Waals surface area contributed by atoms with Crippen molar-refractivity contribution in [2.45, 2.75) is 18.3 Å². The van der Waals surface area contributed by atoms with Gasteiger partial charge in [0.1, 0.15) is 5.76 Å². The van der Waals surface area contributed by atoms with Crippen molar-refractivity contribution in [2.75, 3.05) is 0 Å². The number of carbonyl (C=O) groups is 1. The smallest absolute Gasteiger partial charge is 0.233 e. The topological polar surface area (TPSA) is 42.2 Å². The third-order valence-electron chi connectivity index (χ3n) is 1.38. The zero-order chi connectivity index (χ0) is 8.97. The molecule has 1 atom stereocenters. The third kappa shape index (κ3) is 2.70. The van der Waals surface area contributed by atoms with Gasteiger partial charge in [0.25, 0.3) is 0 Å². The summed E-state index contributed by atoms with van der Waals surface area (Å²) in [5.74, 6) is 0.725. The van der Waals surface area contributed by atoms with Gasteiger partial charge in [0, 0.05) is 0 Å². The second-order valence-electron chi connectivity index (χ2n) is 2.41. The van der Waals surface area contributed by atoms with Gasteiger partial charge < -0.3 is 9.73 Å². The highest BCUT2D eigenvalue weighted by Crippen LogP contribution is 2.01. The van der Waals surface area contributed by atoms with Crippen LogP contribution in [-0.2, 0) is 11.3 Å². The first-order valence-corrected chi connectivity index (χ1v) is 4.56. The van der Waals surface area contributed by atoms with E-state index in [0.717, 1.165) is 5.76 Å². The highest BCUT2D eigenvalue weighted by atomic mass is 79.9. The molecule has 0 spiro atoms. The van der Waals surface area contributed by atoms with Crippen LogP contribution in [0, 0.1) is 0 Å². The Bertz CT molecular complexity index is 244. The number of rotatable bonds is 3. The fourth-order valence-corrected chi connectivity index (χ4v) is 0.890. The number of nitrogens with one attached hydrogen (secondary N) is 1. The standard InChI is InChI=1S/C8H10BrNO2/c1-6(9)8(11)10-5-7-3-2-4-12-7/h2-4,6H,5H2,1H3,(H,10,11)/t6-/m0/s1. The second kappa shape index (κ2) is 4.30. The molecule has 0 saturated carbocycles. The van der Waals surface area contributed by atoms with E-state index in [4.69, 9.17) is 4.42 Å². The molecule has 0 fully saturated rings. The van der Waals surface area contributed by atoms with Crippen molar-refractivity contribution >= 4 is 21.8 Å². The first-order valence-electron chi connectivity index (χ1n) is 3.64. The van der Waals surface area contributed by atoms with Gasteiger partial charge in [-0.15, -0.1) is 0 Å². The van der Waals surface area contributed by atoms with Crippen molar-refractivity contribution in [3.8, 4) is 0 Å². The molecule has 66 valence electrons. The predicted molar refractivity (Wildman–Crippen MR) is 48.9 cm³/mol. The molecule has 0 aromatic carbocycles. The molecule has 1 aromatic rings. The van der Waals surface area contributed by atoms with Gasteiger partial charge in [0.2, 0.25) is 5.91 Å². The first kappa shape index (κ1) is 9.32. The van der Waals surface area contributed by atoms with Crippen LogP contribution in [0.15, 0.2) is 22.8 Å². The highest BCUT2D eigenvalue weighted by Gasteiger charge is 2.07. The van der Waals surface area contributed by atoms with Crippen molar-refractivity contribution in [3.05, 3.63) is 24.2 Å². The molecule has 0 unspecified atom stereocenters. The van der Waals surface area contributed by atoms with E-state index in [0.29, 0.717) is 6.54 Å². The van der Waals surface area contributed by atoms with E-state index < -0.39 is 0 Å². The Morgan fingerprint density at radius 3 is 3.08 bits per heavy atom. The number of hydrogen-bond donors (Lipinski definition) is 1. The van der Waals surface area contributed by atoms with Crippen LogP contribution in [0.4, 0.5) is 0 Å². The van der Waals surface area contributed by atoms with Crippen LogP contribution >= 0.6 is 15.9 Å². The average Bonchev–Trinajstić information content (AvgIpc) is 2.51. The molecule has 0 aliphatic rings. The summed E-state index contributed by atoms with van der Waals surface area (Å²) in [6.07, 6.45) is 1.58. The second-order valence-corrected chi connectivity index (χ2v) is 3.79. The van der Waals surface area contributed by atoms with Crippen LogP contribution in [0.5, 0.6) is 0 Å². The van der Waals surface area contributed by atoms with Crippen molar-refractivity contribution in [3.63, 3.8) is 0 Å². The lowest BCUT2D eigenvalue weighted by molar-refractivity contribution is -0.120. The number of alkyl halides is 1. The Morgan fingerprint density at radius 2 is 2.58 bits per heavy atom. The van der Waals surface area contributed by atoms with E-state index in [-0.39, 0.29) is 10.7 Å². The quantitative estimate of drug-likeness (QED) is 0.805. The van der Waals surface area contributed by atoms with Crippen LogP contribution in [0.1, 0.15) is 12.7 Å². The van der Waals surface area contributed by atoms with Crippen LogP contribution in [0.2, 0.25) is 0 Å². The summed E-state index contributed by atoms with van der Waals surface area (Å²) in [6.45, 7) is 2.22. The maximum absolute atomic E-state index is 11.0. The number of halogens is 1. The minimum absolute atomic E-state index is 0.0357. The summed E-state index contributed by atoms with van der Waals surface area (Å²) < 4.78 is 5.03. The van der Waals surface area contributed by atoms with Gasteiger partial charge in [0.05, 0.1) is 17.6 Å². The Kier molecular flexibility index (Phi) is 3.34. The molecular weight excluding hydrogens is 222 g/mol. The molecule has 1 amide bonds. The Labute approximate surface area is 79.3 Å². The minimum Gasteiger partial charge on any atom is -0.467 e. The maximum atomic E-state index is 11.0. The molecule has 0 saturated heterocycles. The molecule has 0 aliphatic heterocycles. The van der Waals surface area contributed by atoms with Gasteiger partial charge >= 0.3 is 0 Å². The molecule has 1 aromatic heterocycles. The maximum Gasteiger partial charge on any atom is 0.233 e. The summed E-state index contributed by atoms with van der Waals surface area (Å²) in [6, 6.07) is 3.61. The van der Waals surface area contributed by atoms with Crippen molar-refractivity contribution in [2.24, 2.45) is 0 Å². The molecular formula is C8H10BrNO2. The number of carbonyl (C=O) groups excluding carboxylic acids is 1. The van der Waals surface area contributed by atoms with Crippen molar-refractivity contribution < 1.29 is 9.21 Å². The zero-order valence-electron chi connectivity index (χ0n) is 6.71. The Balaban J connectivity index is 2.32. The van der Waals surface area contributed by atoms with E-state index in [1.54, 1.807) is 19.3 Å². The average molecular weight is 232 g/mol. The van der Waals surface area contributed by atoms with Crippen LogP contribution in [-0.4, -0.2) is 10.7 Å². The molecule has 4 heteroatoms. The summed E-state index contributed by atoms with van der Waals surface area (Å²) in [5.41, 5.74) is 0. The SMILES string of the molecule is C[C@H](Br)C(=O)NCc1ccco1. The van der Waals surface area contributed by atoms with Gasteiger partial charge in [-0.05, 0) is 19.1 Å². The van der Waals surface area contributed by atoms with E-state index in [1.807, 2.05) is 6.07 Å². The van der Waals surface area contributed by atoms with Crippen LogP contribution < -0.4 is 5.32 Å². The van der Waals surface area contributed by atoms with Crippen molar-refractivity contribution in [1.82, 2.24) is 5.32 Å². The lowest BCUT2D eigenvalue weighted by atomic mass is 10.4. The van der Waals surface area contributed by atoms with Gasteiger partial charge in [0.15, 0.2) is 0 Å². The summed E-state index contributed by atoms with van der Waals surface area (Å²) in [7, 11) is 0. The lowest BCUT2D eigenvalue weighted by Crippen LogP contribution is -2.28. The number of furan rings is 1. The fraction of sp³-hybridized carbons (Fsp3) is 0.375. The summed E-state index contributed by atoms with van der Waals surface area (Å²) in [5, 5.41) is 2.70. The van der Waals surface area contributed by atoms with E-state index >= 15 is 0 Å². The van der Waals surface area contributed by atoms with Gasteiger partial charge in [-0.3, -0.25) is 4.79 Å². The van der Waals surface area contributed by atoms with E-state index in [9.17, 15) is 4.79 Å². The monoisotopic (exact) mass is 231 g/mol. The van der Waals surface area contributed by atoms with Crippen molar-refractivity contribution in [1.29, 1.82) is 0 Å². The summed E-state index contributed by atoms with van der Waals surface area (Å²) >= 11 is 3.16. The van der Waals surface area contributed by atoms with Crippen LogP contribution in [0.3, 0.4) is 0 Å². The molecule has 1 heterocycles. The Morgan fingerprint density at radius 1 is 1.83 bits per heavy atom. The predicted octanol–water partition coefficient (Wildman–Crippen LogP) is 1.68. The molecule has 0 radical (unpaired) electrons. The number of amides is 1. The normalized spacial score (nSPS) is 12.5. The van der Waals surface area contributed by atoms with E-state index in [2.05, 4.69) is 21.2 Å². The highest BCUT2D eigenvalue weighted by molar-refractivity contribution is 9.10. The molecule has 1 N–H and O–H groups in total. The van der Waals surface area contributed by atoms with Crippen LogP contribution in [0.25, 0.3) is 0 Å². The Hall–Kier alpha value is -0.770. The van der Waals surface area contributed by atoms with Gasteiger partial charge in [-0.25, -0.2) is 0 Å². The number of hydrogen-bond acceptors (Lipinski definition) is 2. The molecule has 12 heavy (non-hydrogen) atoms. The molecule has 1 rings (SSSR count). The minimum atomic E-state index is -0.160. The zero-order valence-corrected chi connectivity index (χ0v) is 8.30. The largest absolute Gasteiger partial charge is 0.467 e. The van der Waals surface area contributed by atoms with Gasteiger partial charge in [-0.1, -0.05) is 15.9 Å².